The van der Waals surface area contributed by atoms with Crippen LogP contribution in [0.4, 0.5) is 10.5 Å². The molecule has 0 heterocycles. The van der Waals surface area contributed by atoms with Gasteiger partial charge in [0.05, 0.1) is 16.3 Å². The van der Waals surface area contributed by atoms with Crippen LogP contribution in [-0.2, 0) is 10.8 Å². The number of hydrogen-bond donors (Lipinski definition) is 3. The van der Waals surface area contributed by atoms with Gasteiger partial charge in [0.15, 0.2) is 0 Å². The van der Waals surface area contributed by atoms with Gasteiger partial charge in [-0.05, 0) is 18.6 Å². The standard InChI is InChI=1S/C12H14Cl2N2O4S/c1-21(20)4-2-3-15-12(19)16-10-8(11(17)18)5-7(13)6-9(10)14/h5-6H,2-4H2,1H3,(H,17,18)(H2,15,16,19). The second-order valence-corrected chi connectivity index (χ2v) is 6.53. The van der Waals surface area contributed by atoms with Crippen LogP contribution in [0.25, 0.3) is 0 Å². The maximum absolute atomic E-state index is 11.7. The zero-order chi connectivity index (χ0) is 16.0. The molecule has 6 nitrogen and oxygen atoms in total. The summed E-state index contributed by atoms with van der Waals surface area (Å²) in [4.78, 5) is 22.8. The van der Waals surface area contributed by atoms with Crippen molar-refractivity contribution >= 4 is 51.7 Å². The highest BCUT2D eigenvalue weighted by atomic mass is 35.5. The van der Waals surface area contributed by atoms with Crippen LogP contribution in [0.15, 0.2) is 12.1 Å². The van der Waals surface area contributed by atoms with E-state index < -0.39 is 22.8 Å². The molecule has 1 atom stereocenters. The van der Waals surface area contributed by atoms with Crippen molar-refractivity contribution in [2.24, 2.45) is 0 Å². The Labute approximate surface area is 134 Å². The predicted octanol–water partition coefficient (Wildman–Crippen LogP) is 2.58. The first-order chi connectivity index (χ1) is 9.81. The smallest absolute Gasteiger partial charge is 0.337 e. The lowest BCUT2D eigenvalue weighted by atomic mass is 10.2. The van der Waals surface area contributed by atoms with Gasteiger partial charge < -0.3 is 15.7 Å². The molecule has 0 radical (unpaired) electrons. The van der Waals surface area contributed by atoms with E-state index in [-0.39, 0.29) is 21.3 Å². The highest BCUT2D eigenvalue weighted by Crippen LogP contribution is 2.30. The van der Waals surface area contributed by atoms with Gasteiger partial charge in [-0.1, -0.05) is 23.2 Å². The summed E-state index contributed by atoms with van der Waals surface area (Å²) in [5, 5.41) is 14.2. The van der Waals surface area contributed by atoms with Crippen LogP contribution >= 0.6 is 23.2 Å². The van der Waals surface area contributed by atoms with Gasteiger partial charge in [0.1, 0.15) is 0 Å². The van der Waals surface area contributed by atoms with E-state index in [1.54, 1.807) is 6.26 Å². The third-order valence-corrected chi connectivity index (χ3v) is 3.80. The Morgan fingerprint density at radius 1 is 1.33 bits per heavy atom. The number of carboxylic acid groups (broad SMARTS) is 1. The maximum Gasteiger partial charge on any atom is 0.337 e. The fourth-order valence-electron chi connectivity index (χ4n) is 1.50. The van der Waals surface area contributed by atoms with E-state index in [0.29, 0.717) is 18.7 Å². The predicted molar refractivity (Wildman–Crippen MR) is 84.0 cm³/mol. The lowest BCUT2D eigenvalue weighted by Crippen LogP contribution is -2.31. The highest BCUT2D eigenvalue weighted by molar-refractivity contribution is 7.84. The number of amides is 2. The number of rotatable bonds is 6. The van der Waals surface area contributed by atoms with E-state index in [1.807, 2.05) is 0 Å². The third-order valence-electron chi connectivity index (χ3n) is 2.42. The van der Waals surface area contributed by atoms with Crippen molar-refractivity contribution in [1.82, 2.24) is 5.32 Å². The van der Waals surface area contributed by atoms with Gasteiger partial charge in [-0.3, -0.25) is 4.21 Å². The Bertz CT molecular complexity index is 581. The van der Waals surface area contributed by atoms with E-state index in [4.69, 9.17) is 28.3 Å². The molecule has 0 aliphatic heterocycles. The molecular weight excluding hydrogens is 339 g/mol. The number of urea groups is 1. The molecule has 0 fully saturated rings. The number of aromatic carboxylic acids is 1. The Kier molecular flexibility index (Phi) is 6.94. The molecule has 0 aromatic heterocycles. The summed E-state index contributed by atoms with van der Waals surface area (Å²) >= 11 is 11.6. The normalized spacial score (nSPS) is 11.8. The molecule has 0 spiro atoms. The maximum atomic E-state index is 11.7. The second kappa shape index (κ2) is 8.21. The van der Waals surface area contributed by atoms with E-state index >= 15 is 0 Å². The number of halogens is 2. The average Bonchev–Trinajstić information content (AvgIpc) is 2.37. The third kappa shape index (κ3) is 5.91. The van der Waals surface area contributed by atoms with Gasteiger partial charge >= 0.3 is 12.0 Å². The Morgan fingerprint density at radius 2 is 2.00 bits per heavy atom. The van der Waals surface area contributed by atoms with Crippen molar-refractivity contribution < 1.29 is 18.9 Å². The van der Waals surface area contributed by atoms with Crippen molar-refractivity contribution in [2.45, 2.75) is 6.42 Å². The van der Waals surface area contributed by atoms with Gasteiger partial charge in [0.25, 0.3) is 0 Å². The summed E-state index contributed by atoms with van der Waals surface area (Å²) in [6.07, 6.45) is 2.13. The number of anilines is 1. The number of carboxylic acids is 1. The molecule has 0 saturated carbocycles. The van der Waals surface area contributed by atoms with Gasteiger partial charge in [-0.15, -0.1) is 0 Å². The largest absolute Gasteiger partial charge is 0.478 e. The number of hydrogen-bond acceptors (Lipinski definition) is 3. The van der Waals surface area contributed by atoms with E-state index in [1.165, 1.54) is 12.1 Å². The Hall–Kier alpha value is -1.31. The molecule has 1 aromatic rings. The molecule has 3 N–H and O–H groups in total. The van der Waals surface area contributed by atoms with Crippen molar-refractivity contribution in [3.8, 4) is 0 Å². The molecule has 1 unspecified atom stereocenters. The summed E-state index contributed by atoms with van der Waals surface area (Å²) in [7, 11) is -0.920. The van der Waals surface area contributed by atoms with Crippen LogP contribution in [0.1, 0.15) is 16.8 Å². The van der Waals surface area contributed by atoms with Crippen LogP contribution in [0.2, 0.25) is 10.0 Å². The topological polar surface area (TPSA) is 95.5 Å². The minimum Gasteiger partial charge on any atom is -0.478 e. The van der Waals surface area contributed by atoms with Crippen molar-refractivity contribution in [1.29, 1.82) is 0 Å². The Morgan fingerprint density at radius 3 is 2.57 bits per heavy atom. The molecule has 2 amide bonds. The van der Waals surface area contributed by atoms with Gasteiger partial charge in [-0.25, -0.2) is 9.59 Å². The van der Waals surface area contributed by atoms with Gasteiger partial charge in [-0.2, -0.15) is 0 Å². The molecule has 0 saturated heterocycles. The molecular formula is C12H14Cl2N2O4S. The van der Waals surface area contributed by atoms with E-state index in [2.05, 4.69) is 10.6 Å². The van der Waals surface area contributed by atoms with Crippen LogP contribution < -0.4 is 10.6 Å². The number of nitrogens with one attached hydrogen (secondary N) is 2. The molecule has 0 aliphatic rings. The number of benzene rings is 1. The van der Waals surface area contributed by atoms with E-state index in [0.717, 1.165) is 0 Å². The van der Waals surface area contributed by atoms with Crippen molar-refractivity contribution in [3.05, 3.63) is 27.7 Å². The highest BCUT2D eigenvalue weighted by Gasteiger charge is 2.17. The lowest BCUT2D eigenvalue weighted by molar-refractivity contribution is 0.0698. The quantitative estimate of drug-likeness (QED) is 0.685. The first-order valence-corrected chi connectivity index (χ1v) is 8.36. The lowest BCUT2D eigenvalue weighted by Gasteiger charge is -2.12. The van der Waals surface area contributed by atoms with Gasteiger partial charge in [0.2, 0.25) is 0 Å². The summed E-state index contributed by atoms with van der Waals surface area (Å²) < 4.78 is 10.9. The van der Waals surface area contributed by atoms with Crippen molar-refractivity contribution in [2.75, 3.05) is 23.9 Å². The summed E-state index contributed by atoms with van der Waals surface area (Å²) in [5.74, 6) is -0.779. The zero-order valence-corrected chi connectivity index (χ0v) is 13.4. The SMILES string of the molecule is CS(=O)CCCNC(=O)Nc1c(Cl)cc(Cl)cc1C(=O)O. The molecule has 21 heavy (non-hydrogen) atoms. The minimum absolute atomic E-state index is 0.0230. The number of carbonyl (C=O) groups excluding carboxylic acids is 1. The van der Waals surface area contributed by atoms with Crippen molar-refractivity contribution in [3.63, 3.8) is 0 Å². The van der Waals surface area contributed by atoms with Crippen LogP contribution in [0, 0.1) is 0 Å². The van der Waals surface area contributed by atoms with Crippen LogP contribution in [0.3, 0.4) is 0 Å². The zero-order valence-electron chi connectivity index (χ0n) is 11.1. The summed E-state index contributed by atoms with van der Waals surface area (Å²) in [5.41, 5.74) is -0.220. The van der Waals surface area contributed by atoms with E-state index in [9.17, 15) is 13.8 Å². The van der Waals surface area contributed by atoms with Crippen LogP contribution in [0.5, 0.6) is 0 Å². The monoisotopic (exact) mass is 352 g/mol. The van der Waals surface area contributed by atoms with Gasteiger partial charge in [0, 0.05) is 34.4 Å². The summed E-state index contributed by atoms with van der Waals surface area (Å²) in [6, 6.07) is 1.94. The van der Waals surface area contributed by atoms with Crippen LogP contribution in [-0.4, -0.2) is 39.9 Å². The second-order valence-electron chi connectivity index (χ2n) is 4.13. The molecule has 1 aromatic carbocycles. The first-order valence-electron chi connectivity index (χ1n) is 5.88. The summed E-state index contributed by atoms with van der Waals surface area (Å²) in [6.45, 7) is 0.318. The fraction of sp³-hybridized carbons (Fsp3) is 0.333. The first kappa shape index (κ1) is 17.7. The minimum atomic E-state index is -1.25. The fourth-order valence-corrected chi connectivity index (χ4v) is 2.60. The average molecular weight is 353 g/mol. The molecule has 116 valence electrons. The molecule has 0 bridgehead atoms. The number of carbonyl (C=O) groups is 2. The molecule has 9 heteroatoms. The molecule has 0 aliphatic carbocycles. The Balaban J connectivity index is 2.72. The molecule has 1 rings (SSSR count).